The zero-order valence-corrected chi connectivity index (χ0v) is 12.3. The van der Waals surface area contributed by atoms with Crippen LogP contribution in [0.1, 0.15) is 32.1 Å². The number of hydrogen-bond acceptors (Lipinski definition) is 7. The number of Topliss-reactive ketones (excluding diaryl/α,β-unsaturated/α-hetero) is 1. The first-order valence-electron chi connectivity index (χ1n) is 7.98. The predicted octanol–water partition coefficient (Wildman–Crippen LogP) is -1.66. The molecule has 0 aromatic carbocycles. The molecule has 0 aromatic heterocycles. The molecule has 3 fully saturated rings. The lowest BCUT2D eigenvalue weighted by Gasteiger charge is -2.47. The fourth-order valence-electron chi connectivity index (χ4n) is 4.16. The fourth-order valence-corrected chi connectivity index (χ4v) is 4.16. The molecule has 126 valence electrons. The van der Waals surface area contributed by atoms with Gasteiger partial charge < -0.3 is 30.3 Å². The van der Waals surface area contributed by atoms with E-state index in [0.717, 1.165) is 0 Å². The summed E-state index contributed by atoms with van der Waals surface area (Å²) in [5, 5.41) is 49.4. The van der Waals surface area contributed by atoms with Crippen LogP contribution in [0.2, 0.25) is 0 Å². The van der Waals surface area contributed by atoms with Gasteiger partial charge in [-0.1, -0.05) is 0 Å². The van der Waals surface area contributed by atoms with Gasteiger partial charge in [0.2, 0.25) is 0 Å². The average molecular weight is 316 g/mol. The van der Waals surface area contributed by atoms with Crippen LogP contribution in [0.3, 0.4) is 0 Å². The summed E-state index contributed by atoms with van der Waals surface area (Å²) in [6.45, 7) is 0. The Morgan fingerprint density at radius 3 is 2.27 bits per heavy atom. The predicted molar refractivity (Wildman–Crippen MR) is 73.8 cm³/mol. The van der Waals surface area contributed by atoms with Gasteiger partial charge in [0.1, 0.15) is 12.2 Å². The number of carbonyl (C=O) groups excluding carboxylic acids is 1. The Kier molecular flexibility index (Phi) is 4.55. The van der Waals surface area contributed by atoms with Gasteiger partial charge in [0, 0.05) is 12.3 Å². The zero-order valence-electron chi connectivity index (χ0n) is 12.3. The van der Waals surface area contributed by atoms with E-state index in [2.05, 4.69) is 0 Å². The lowest BCUT2D eigenvalue weighted by molar-refractivity contribution is -0.209. The Hall–Kier alpha value is -0.570. The SMILES string of the molecule is O=C1C(O)C2C(O)CC(O)CC2OC1C1CCC(O)C(O)C1. The second-order valence-corrected chi connectivity index (χ2v) is 6.92. The lowest BCUT2D eigenvalue weighted by Crippen LogP contribution is -2.61. The Morgan fingerprint density at radius 1 is 0.864 bits per heavy atom. The molecule has 0 spiro atoms. The molecule has 1 heterocycles. The molecule has 22 heavy (non-hydrogen) atoms. The number of aliphatic hydroxyl groups is 5. The highest BCUT2D eigenvalue weighted by molar-refractivity contribution is 5.88. The smallest absolute Gasteiger partial charge is 0.190 e. The standard InChI is InChI=1S/C15H24O7/c16-7-4-10(19)12-11(5-7)22-15(14(21)13(12)20)6-1-2-8(17)9(18)3-6/h6-13,15-20H,1-5H2. The molecule has 1 saturated heterocycles. The van der Waals surface area contributed by atoms with E-state index < -0.39 is 54.4 Å². The molecule has 9 unspecified atom stereocenters. The van der Waals surface area contributed by atoms with Crippen LogP contribution in [0.25, 0.3) is 0 Å². The van der Waals surface area contributed by atoms with Crippen LogP contribution < -0.4 is 0 Å². The third kappa shape index (κ3) is 2.81. The molecule has 5 N–H and O–H groups in total. The normalized spacial score (nSPS) is 53.1. The second kappa shape index (κ2) is 6.14. The minimum absolute atomic E-state index is 0.133. The van der Waals surface area contributed by atoms with E-state index in [4.69, 9.17) is 4.74 Å². The maximum atomic E-state index is 12.4. The maximum absolute atomic E-state index is 12.4. The van der Waals surface area contributed by atoms with Crippen molar-refractivity contribution in [1.82, 2.24) is 0 Å². The van der Waals surface area contributed by atoms with Crippen molar-refractivity contribution in [1.29, 1.82) is 0 Å². The van der Waals surface area contributed by atoms with Crippen LogP contribution in [0.4, 0.5) is 0 Å². The summed E-state index contributed by atoms with van der Waals surface area (Å²) < 4.78 is 5.81. The van der Waals surface area contributed by atoms with E-state index >= 15 is 0 Å². The summed E-state index contributed by atoms with van der Waals surface area (Å²) in [7, 11) is 0. The van der Waals surface area contributed by atoms with Gasteiger partial charge in [0.15, 0.2) is 5.78 Å². The molecule has 0 radical (unpaired) electrons. The summed E-state index contributed by atoms with van der Waals surface area (Å²) in [6.07, 6.45) is -4.52. The van der Waals surface area contributed by atoms with Gasteiger partial charge in [-0.05, 0) is 31.6 Å². The molecule has 0 aromatic rings. The monoisotopic (exact) mass is 316 g/mol. The third-order valence-electron chi connectivity index (χ3n) is 5.40. The summed E-state index contributed by atoms with van der Waals surface area (Å²) in [6, 6.07) is 0. The zero-order chi connectivity index (χ0) is 16.0. The van der Waals surface area contributed by atoms with Gasteiger partial charge in [0.25, 0.3) is 0 Å². The molecule has 1 aliphatic heterocycles. The number of hydrogen-bond donors (Lipinski definition) is 5. The quantitative estimate of drug-likeness (QED) is 0.392. The van der Waals surface area contributed by atoms with Gasteiger partial charge in [-0.15, -0.1) is 0 Å². The van der Waals surface area contributed by atoms with Crippen LogP contribution in [-0.2, 0) is 9.53 Å². The fraction of sp³-hybridized carbons (Fsp3) is 0.933. The molecule has 0 amide bonds. The first-order chi connectivity index (χ1) is 10.4. The molecule has 0 bridgehead atoms. The largest absolute Gasteiger partial charge is 0.393 e. The highest BCUT2D eigenvalue weighted by atomic mass is 16.5. The maximum Gasteiger partial charge on any atom is 0.190 e. The molecule has 2 saturated carbocycles. The molecule has 9 atom stereocenters. The summed E-state index contributed by atoms with van der Waals surface area (Å²) in [4.78, 5) is 12.4. The van der Waals surface area contributed by atoms with Gasteiger partial charge in [-0.2, -0.15) is 0 Å². The van der Waals surface area contributed by atoms with Crippen molar-refractivity contribution >= 4 is 5.78 Å². The van der Waals surface area contributed by atoms with Crippen LogP contribution in [-0.4, -0.2) is 74.0 Å². The second-order valence-electron chi connectivity index (χ2n) is 6.92. The van der Waals surface area contributed by atoms with Crippen molar-refractivity contribution in [2.45, 2.75) is 74.8 Å². The Balaban J connectivity index is 1.75. The first kappa shape index (κ1) is 16.3. The third-order valence-corrected chi connectivity index (χ3v) is 5.40. The van der Waals surface area contributed by atoms with Crippen molar-refractivity contribution in [2.24, 2.45) is 11.8 Å². The molecule has 7 heteroatoms. The molecular formula is C15H24O7. The van der Waals surface area contributed by atoms with Crippen molar-refractivity contribution < 1.29 is 35.1 Å². The molecule has 2 aliphatic carbocycles. The first-order valence-corrected chi connectivity index (χ1v) is 7.98. The van der Waals surface area contributed by atoms with E-state index in [1.54, 1.807) is 0 Å². The highest BCUT2D eigenvalue weighted by Crippen LogP contribution is 2.39. The van der Waals surface area contributed by atoms with Crippen LogP contribution >= 0.6 is 0 Å². The number of ether oxygens (including phenoxy) is 1. The molecule has 7 nitrogen and oxygen atoms in total. The molecule has 3 aliphatic rings. The Labute approximate surface area is 128 Å². The summed E-state index contributed by atoms with van der Waals surface area (Å²) in [5.74, 6) is -1.44. The number of aliphatic hydroxyl groups excluding tert-OH is 5. The van der Waals surface area contributed by atoms with E-state index in [-0.39, 0.29) is 25.2 Å². The van der Waals surface area contributed by atoms with Crippen molar-refractivity contribution in [3.05, 3.63) is 0 Å². The van der Waals surface area contributed by atoms with Gasteiger partial charge in [0.05, 0.1) is 30.5 Å². The van der Waals surface area contributed by atoms with E-state index in [1.807, 2.05) is 0 Å². The van der Waals surface area contributed by atoms with Crippen LogP contribution in [0, 0.1) is 11.8 Å². The van der Waals surface area contributed by atoms with E-state index in [1.165, 1.54) is 0 Å². The summed E-state index contributed by atoms with van der Waals surface area (Å²) >= 11 is 0. The highest BCUT2D eigenvalue weighted by Gasteiger charge is 2.52. The number of fused-ring (bicyclic) bond motifs is 1. The Morgan fingerprint density at radius 2 is 1.59 bits per heavy atom. The molecular weight excluding hydrogens is 292 g/mol. The van der Waals surface area contributed by atoms with E-state index in [9.17, 15) is 30.3 Å². The van der Waals surface area contributed by atoms with Crippen molar-refractivity contribution in [3.63, 3.8) is 0 Å². The minimum Gasteiger partial charge on any atom is -0.393 e. The number of ketones is 1. The van der Waals surface area contributed by atoms with Crippen LogP contribution in [0.5, 0.6) is 0 Å². The topological polar surface area (TPSA) is 127 Å². The Bertz CT molecular complexity index is 428. The van der Waals surface area contributed by atoms with Gasteiger partial charge >= 0.3 is 0 Å². The van der Waals surface area contributed by atoms with Gasteiger partial charge in [-0.25, -0.2) is 0 Å². The average Bonchev–Trinajstić information content (AvgIpc) is 2.45. The minimum atomic E-state index is -1.31. The number of rotatable bonds is 1. The van der Waals surface area contributed by atoms with E-state index in [0.29, 0.717) is 12.8 Å². The molecule has 3 rings (SSSR count). The van der Waals surface area contributed by atoms with Crippen molar-refractivity contribution in [3.8, 4) is 0 Å². The lowest BCUT2D eigenvalue weighted by atomic mass is 9.72. The summed E-state index contributed by atoms with van der Waals surface area (Å²) in [5.41, 5.74) is 0. The van der Waals surface area contributed by atoms with Gasteiger partial charge in [-0.3, -0.25) is 4.79 Å². The van der Waals surface area contributed by atoms with Crippen molar-refractivity contribution in [2.75, 3.05) is 0 Å². The van der Waals surface area contributed by atoms with Crippen LogP contribution in [0.15, 0.2) is 0 Å². The number of carbonyl (C=O) groups is 1.